The summed E-state index contributed by atoms with van der Waals surface area (Å²) < 4.78 is 18.6. The molecule has 0 radical (unpaired) electrons. The predicted octanol–water partition coefficient (Wildman–Crippen LogP) is 2.49. The summed E-state index contributed by atoms with van der Waals surface area (Å²) in [6.45, 7) is 3.84. The number of halogens is 1. The average Bonchev–Trinajstić information content (AvgIpc) is 2.86. The fourth-order valence-electron chi connectivity index (χ4n) is 3.59. The molecular formula is C24H24FN5O4. The Morgan fingerprint density at radius 3 is 2.35 bits per heavy atom. The molecule has 0 saturated carbocycles. The lowest BCUT2D eigenvalue weighted by atomic mass is 10.2. The molecule has 1 aromatic carbocycles. The summed E-state index contributed by atoms with van der Waals surface area (Å²) in [5.41, 5.74) is 0.169. The van der Waals surface area contributed by atoms with Crippen LogP contribution in [0.5, 0.6) is 11.5 Å². The molecule has 1 fully saturated rings. The molecule has 0 spiro atoms. The Labute approximate surface area is 195 Å². The lowest BCUT2D eigenvalue weighted by molar-refractivity contribution is -0.121. The third-order valence-corrected chi connectivity index (χ3v) is 5.60. The standard InChI is InChI=1S/C24H24FN5O4/c1-16(29-10-12-30(13-11-29)24(33)17-2-9-22(31)27-14-17)23(32)28-21-8-7-20(15-26-21)34-19-5-3-18(25)4-6-19/h2-9,14-16H,10-13H2,1H3,(H,27,31)(H,26,28,32)/t16-/m0/s1. The molecule has 3 heterocycles. The van der Waals surface area contributed by atoms with Gasteiger partial charge in [0.25, 0.3) is 5.91 Å². The van der Waals surface area contributed by atoms with Crippen LogP contribution < -0.4 is 15.6 Å². The summed E-state index contributed by atoms with van der Waals surface area (Å²) >= 11 is 0. The van der Waals surface area contributed by atoms with Gasteiger partial charge in [0.05, 0.1) is 17.8 Å². The molecule has 176 valence electrons. The van der Waals surface area contributed by atoms with Crippen molar-refractivity contribution in [3.05, 3.63) is 82.7 Å². The van der Waals surface area contributed by atoms with E-state index in [-0.39, 0.29) is 23.2 Å². The number of ether oxygens (including phenoxy) is 1. The summed E-state index contributed by atoms with van der Waals surface area (Å²) in [5, 5.41) is 2.79. The Hall–Kier alpha value is -4.05. The van der Waals surface area contributed by atoms with Crippen LogP contribution in [0.4, 0.5) is 10.2 Å². The third-order valence-electron chi connectivity index (χ3n) is 5.60. The lowest BCUT2D eigenvalue weighted by Gasteiger charge is -2.37. The summed E-state index contributed by atoms with van der Waals surface area (Å²) in [4.78, 5) is 46.9. The largest absolute Gasteiger partial charge is 0.456 e. The van der Waals surface area contributed by atoms with Crippen LogP contribution in [0.2, 0.25) is 0 Å². The van der Waals surface area contributed by atoms with E-state index in [1.54, 1.807) is 24.0 Å². The average molecular weight is 465 g/mol. The summed E-state index contributed by atoms with van der Waals surface area (Å²) in [5.74, 6) is 0.614. The van der Waals surface area contributed by atoms with E-state index in [1.165, 1.54) is 48.8 Å². The van der Waals surface area contributed by atoms with Crippen LogP contribution in [0.3, 0.4) is 0 Å². The third kappa shape index (κ3) is 5.65. The highest BCUT2D eigenvalue weighted by Crippen LogP contribution is 2.22. The highest BCUT2D eigenvalue weighted by atomic mass is 19.1. The van der Waals surface area contributed by atoms with E-state index >= 15 is 0 Å². The Balaban J connectivity index is 1.27. The van der Waals surface area contributed by atoms with E-state index < -0.39 is 6.04 Å². The maximum absolute atomic E-state index is 13.0. The number of hydrogen-bond acceptors (Lipinski definition) is 6. The number of nitrogens with one attached hydrogen (secondary N) is 2. The molecule has 9 nitrogen and oxygen atoms in total. The molecule has 4 rings (SSSR count). The minimum Gasteiger partial charge on any atom is -0.456 e. The SMILES string of the molecule is C[C@@H](C(=O)Nc1ccc(Oc2ccc(F)cc2)cn1)N1CCN(C(=O)c2ccc(=O)[nH]c2)CC1. The van der Waals surface area contributed by atoms with Crippen molar-refractivity contribution >= 4 is 17.6 Å². The number of aromatic amines is 1. The van der Waals surface area contributed by atoms with Crippen LogP contribution in [0.25, 0.3) is 0 Å². The first kappa shape index (κ1) is 23.1. The summed E-state index contributed by atoms with van der Waals surface area (Å²) in [6, 6.07) is 11.3. The predicted molar refractivity (Wildman–Crippen MR) is 123 cm³/mol. The molecular weight excluding hydrogens is 441 g/mol. The molecule has 10 heteroatoms. The van der Waals surface area contributed by atoms with Gasteiger partial charge < -0.3 is 19.9 Å². The number of piperazine rings is 1. The number of amides is 2. The van der Waals surface area contributed by atoms with Crippen LogP contribution >= 0.6 is 0 Å². The number of benzene rings is 1. The van der Waals surface area contributed by atoms with Crippen LogP contribution in [0, 0.1) is 5.82 Å². The zero-order chi connectivity index (χ0) is 24.1. The van der Waals surface area contributed by atoms with Crippen LogP contribution in [0.1, 0.15) is 17.3 Å². The van der Waals surface area contributed by atoms with Gasteiger partial charge in [-0.05, 0) is 49.4 Å². The quantitative estimate of drug-likeness (QED) is 0.579. The molecule has 2 aromatic heterocycles. The van der Waals surface area contributed by atoms with Crippen molar-refractivity contribution in [2.45, 2.75) is 13.0 Å². The van der Waals surface area contributed by atoms with Gasteiger partial charge in [0.15, 0.2) is 0 Å². The first-order valence-electron chi connectivity index (χ1n) is 10.8. The van der Waals surface area contributed by atoms with Gasteiger partial charge in [0.2, 0.25) is 11.5 Å². The maximum Gasteiger partial charge on any atom is 0.255 e. The molecule has 2 N–H and O–H groups in total. The van der Waals surface area contributed by atoms with E-state index in [0.29, 0.717) is 49.1 Å². The van der Waals surface area contributed by atoms with Gasteiger partial charge in [-0.25, -0.2) is 9.37 Å². The van der Waals surface area contributed by atoms with Crippen LogP contribution in [-0.4, -0.2) is 63.8 Å². The molecule has 0 bridgehead atoms. The van der Waals surface area contributed by atoms with Crippen molar-refractivity contribution < 1.29 is 18.7 Å². The van der Waals surface area contributed by atoms with Gasteiger partial charge in [-0.15, -0.1) is 0 Å². The first-order valence-corrected chi connectivity index (χ1v) is 10.8. The smallest absolute Gasteiger partial charge is 0.255 e. The van der Waals surface area contributed by atoms with Gasteiger partial charge in [0.1, 0.15) is 23.1 Å². The normalized spacial score (nSPS) is 14.9. The second kappa shape index (κ2) is 10.3. The van der Waals surface area contributed by atoms with Gasteiger partial charge in [-0.3, -0.25) is 19.3 Å². The first-order chi connectivity index (χ1) is 16.4. The minimum absolute atomic E-state index is 0.153. The summed E-state index contributed by atoms with van der Waals surface area (Å²) in [7, 11) is 0. The van der Waals surface area contributed by atoms with Crippen LogP contribution in [-0.2, 0) is 4.79 Å². The van der Waals surface area contributed by atoms with Crippen molar-refractivity contribution in [1.82, 2.24) is 19.8 Å². The highest BCUT2D eigenvalue weighted by molar-refractivity contribution is 5.94. The van der Waals surface area contributed by atoms with Gasteiger partial charge in [0, 0.05) is 38.4 Å². The number of anilines is 1. The molecule has 0 aliphatic carbocycles. The minimum atomic E-state index is -0.415. The Kier molecular flexibility index (Phi) is 6.98. The molecule has 3 aromatic rings. The number of pyridine rings is 2. The summed E-state index contributed by atoms with van der Waals surface area (Å²) in [6.07, 6.45) is 2.89. The fraction of sp³-hybridized carbons (Fsp3) is 0.250. The van der Waals surface area contributed by atoms with Gasteiger partial charge in [-0.2, -0.15) is 0 Å². The maximum atomic E-state index is 13.0. The van der Waals surface area contributed by atoms with E-state index in [0.717, 1.165) is 0 Å². The van der Waals surface area contributed by atoms with Crippen molar-refractivity contribution in [2.75, 3.05) is 31.5 Å². The molecule has 0 unspecified atom stereocenters. The van der Waals surface area contributed by atoms with Crippen LogP contribution in [0.15, 0.2) is 65.7 Å². The second-order valence-corrected chi connectivity index (χ2v) is 7.87. The van der Waals surface area contributed by atoms with Crippen molar-refractivity contribution in [1.29, 1.82) is 0 Å². The molecule has 1 saturated heterocycles. The highest BCUT2D eigenvalue weighted by Gasteiger charge is 2.28. The number of rotatable bonds is 6. The number of nitrogens with zero attached hydrogens (tertiary/aromatic N) is 3. The Bertz CT molecular complexity index is 1180. The lowest BCUT2D eigenvalue weighted by Crippen LogP contribution is -2.54. The van der Waals surface area contributed by atoms with Gasteiger partial charge in [-0.1, -0.05) is 0 Å². The molecule has 34 heavy (non-hydrogen) atoms. The van der Waals surface area contributed by atoms with E-state index in [1.807, 2.05) is 4.90 Å². The second-order valence-electron chi connectivity index (χ2n) is 7.87. The molecule has 2 amide bonds. The Morgan fingerprint density at radius 2 is 1.74 bits per heavy atom. The van der Waals surface area contributed by atoms with E-state index in [9.17, 15) is 18.8 Å². The topological polar surface area (TPSA) is 108 Å². The Morgan fingerprint density at radius 1 is 1.03 bits per heavy atom. The molecule has 1 aliphatic heterocycles. The number of carbonyl (C=O) groups is 2. The molecule has 1 atom stereocenters. The van der Waals surface area contributed by atoms with Crippen molar-refractivity contribution in [2.24, 2.45) is 0 Å². The van der Waals surface area contributed by atoms with E-state index in [2.05, 4.69) is 15.3 Å². The number of carbonyl (C=O) groups excluding carboxylic acids is 2. The number of hydrogen-bond donors (Lipinski definition) is 2. The van der Waals surface area contributed by atoms with Crippen molar-refractivity contribution in [3.8, 4) is 11.5 Å². The number of H-pyrrole nitrogens is 1. The number of aromatic nitrogens is 2. The van der Waals surface area contributed by atoms with E-state index in [4.69, 9.17) is 4.74 Å². The van der Waals surface area contributed by atoms with Crippen molar-refractivity contribution in [3.63, 3.8) is 0 Å². The molecule has 1 aliphatic rings. The zero-order valence-corrected chi connectivity index (χ0v) is 18.5. The monoisotopic (exact) mass is 465 g/mol. The zero-order valence-electron chi connectivity index (χ0n) is 18.5. The fourth-order valence-corrected chi connectivity index (χ4v) is 3.59. The van der Waals surface area contributed by atoms with Gasteiger partial charge >= 0.3 is 0 Å².